The molecule has 0 aliphatic heterocycles. The lowest BCUT2D eigenvalue weighted by Gasteiger charge is -2.01. The van der Waals surface area contributed by atoms with E-state index in [-0.39, 0.29) is 5.97 Å². The number of hydrogen-bond acceptors (Lipinski definition) is 3. The normalized spacial score (nSPS) is 11.1. The molecule has 0 atom stereocenters. The highest BCUT2D eigenvalue weighted by atomic mass is 32.1. The maximum Gasteiger partial charge on any atom is 0.334 e. The fraction of sp³-hybridized carbons (Fsp3) is 0.182. The van der Waals surface area contributed by atoms with Crippen LogP contribution in [0.5, 0.6) is 0 Å². The Labute approximate surface area is 89.0 Å². The highest BCUT2D eigenvalue weighted by molar-refractivity contribution is 7.80. The zero-order valence-electron chi connectivity index (χ0n) is 7.93. The van der Waals surface area contributed by atoms with E-state index in [4.69, 9.17) is 0 Å². The molecule has 0 aliphatic carbocycles. The first-order chi connectivity index (χ1) is 6.77. The van der Waals surface area contributed by atoms with E-state index in [1.54, 1.807) is 6.08 Å². The van der Waals surface area contributed by atoms with E-state index in [1.807, 2.05) is 30.3 Å². The number of thiol groups is 1. The fourth-order valence-corrected chi connectivity index (χ4v) is 1.27. The number of rotatable bonds is 3. The first kappa shape index (κ1) is 10.9. The lowest BCUT2D eigenvalue weighted by molar-refractivity contribution is -0.135. The van der Waals surface area contributed by atoms with Crippen molar-refractivity contribution in [1.82, 2.24) is 0 Å². The molecule has 0 spiro atoms. The topological polar surface area (TPSA) is 26.3 Å². The van der Waals surface area contributed by atoms with Gasteiger partial charge in [-0.25, -0.2) is 4.79 Å². The van der Waals surface area contributed by atoms with Crippen LogP contribution in [0.1, 0.15) is 5.56 Å². The van der Waals surface area contributed by atoms with Crippen molar-refractivity contribution in [1.29, 1.82) is 0 Å². The van der Waals surface area contributed by atoms with Crippen molar-refractivity contribution < 1.29 is 9.53 Å². The van der Waals surface area contributed by atoms with Crippen LogP contribution < -0.4 is 0 Å². The van der Waals surface area contributed by atoms with Crippen LogP contribution in [0.2, 0.25) is 0 Å². The van der Waals surface area contributed by atoms with Crippen LogP contribution in [0.15, 0.2) is 35.9 Å². The first-order valence-corrected chi connectivity index (χ1v) is 4.86. The van der Waals surface area contributed by atoms with Gasteiger partial charge in [0.05, 0.1) is 7.11 Å². The maximum absolute atomic E-state index is 11.2. The summed E-state index contributed by atoms with van der Waals surface area (Å²) in [6, 6.07) is 9.60. The van der Waals surface area contributed by atoms with Gasteiger partial charge in [-0.3, -0.25) is 0 Å². The van der Waals surface area contributed by atoms with Gasteiger partial charge in [-0.2, -0.15) is 12.6 Å². The SMILES string of the molecule is COC(=O)/C(=C/c1ccccc1)CS. The van der Waals surface area contributed by atoms with E-state index in [0.717, 1.165) is 5.56 Å². The van der Waals surface area contributed by atoms with Crippen molar-refractivity contribution in [2.75, 3.05) is 12.9 Å². The van der Waals surface area contributed by atoms with Crippen LogP contribution in [0.4, 0.5) is 0 Å². The van der Waals surface area contributed by atoms with Crippen LogP contribution in [-0.4, -0.2) is 18.8 Å². The molecule has 0 bridgehead atoms. The zero-order chi connectivity index (χ0) is 10.4. The number of benzene rings is 1. The van der Waals surface area contributed by atoms with Gasteiger partial charge in [0.15, 0.2) is 0 Å². The Balaban J connectivity index is 2.89. The van der Waals surface area contributed by atoms with Crippen molar-refractivity contribution in [3.63, 3.8) is 0 Å². The molecule has 0 radical (unpaired) electrons. The molecular formula is C11H12O2S. The molecule has 1 aromatic rings. The molecule has 3 heteroatoms. The summed E-state index contributed by atoms with van der Waals surface area (Å²) in [5.41, 5.74) is 1.53. The molecule has 0 unspecified atom stereocenters. The average Bonchev–Trinajstić information content (AvgIpc) is 2.26. The summed E-state index contributed by atoms with van der Waals surface area (Å²) < 4.78 is 4.62. The van der Waals surface area contributed by atoms with Crippen LogP contribution >= 0.6 is 12.6 Å². The second-order valence-corrected chi connectivity index (χ2v) is 3.05. The van der Waals surface area contributed by atoms with Gasteiger partial charge in [0.2, 0.25) is 0 Å². The Morgan fingerprint density at radius 3 is 2.57 bits per heavy atom. The lowest BCUT2D eigenvalue weighted by atomic mass is 10.1. The van der Waals surface area contributed by atoms with Crippen LogP contribution in [0, 0.1) is 0 Å². The Kier molecular flexibility index (Phi) is 4.26. The fourth-order valence-electron chi connectivity index (χ4n) is 1.05. The summed E-state index contributed by atoms with van der Waals surface area (Å²) in [5, 5.41) is 0. The van der Waals surface area contributed by atoms with Gasteiger partial charge in [-0.1, -0.05) is 30.3 Å². The molecule has 0 saturated carbocycles. The molecule has 1 rings (SSSR count). The second-order valence-electron chi connectivity index (χ2n) is 2.73. The smallest absolute Gasteiger partial charge is 0.334 e. The zero-order valence-corrected chi connectivity index (χ0v) is 8.83. The Morgan fingerprint density at radius 2 is 2.07 bits per heavy atom. The summed E-state index contributed by atoms with van der Waals surface area (Å²) >= 11 is 4.07. The number of carbonyl (C=O) groups excluding carboxylic acids is 1. The van der Waals surface area contributed by atoms with Crippen molar-refractivity contribution in [2.45, 2.75) is 0 Å². The highest BCUT2D eigenvalue weighted by Gasteiger charge is 2.06. The summed E-state index contributed by atoms with van der Waals surface area (Å²) in [5.74, 6) is 0.0468. The van der Waals surface area contributed by atoms with Crippen molar-refractivity contribution >= 4 is 24.7 Å². The maximum atomic E-state index is 11.2. The van der Waals surface area contributed by atoms with Gasteiger partial charge in [0.25, 0.3) is 0 Å². The predicted molar refractivity (Wildman–Crippen MR) is 60.3 cm³/mol. The van der Waals surface area contributed by atoms with E-state index >= 15 is 0 Å². The minimum absolute atomic E-state index is 0.330. The van der Waals surface area contributed by atoms with E-state index in [0.29, 0.717) is 11.3 Å². The summed E-state index contributed by atoms with van der Waals surface area (Å²) in [7, 11) is 1.37. The van der Waals surface area contributed by atoms with Crippen molar-refractivity contribution in [3.8, 4) is 0 Å². The molecule has 0 aromatic heterocycles. The largest absolute Gasteiger partial charge is 0.466 e. The van der Waals surface area contributed by atoms with Gasteiger partial charge < -0.3 is 4.74 Å². The third-order valence-electron chi connectivity index (χ3n) is 1.76. The van der Waals surface area contributed by atoms with Crippen LogP contribution in [0.25, 0.3) is 6.08 Å². The van der Waals surface area contributed by atoms with Gasteiger partial charge in [0.1, 0.15) is 0 Å². The van der Waals surface area contributed by atoms with E-state index in [2.05, 4.69) is 17.4 Å². The van der Waals surface area contributed by atoms with Crippen molar-refractivity contribution in [3.05, 3.63) is 41.5 Å². The summed E-state index contributed by atoms with van der Waals surface area (Å²) in [6.45, 7) is 0. The van der Waals surface area contributed by atoms with Gasteiger partial charge in [-0.05, 0) is 11.6 Å². The molecule has 2 nitrogen and oxygen atoms in total. The molecular weight excluding hydrogens is 196 g/mol. The van der Waals surface area contributed by atoms with Crippen LogP contribution in [0.3, 0.4) is 0 Å². The number of carbonyl (C=O) groups is 1. The molecule has 0 heterocycles. The number of ether oxygens (including phenoxy) is 1. The monoisotopic (exact) mass is 208 g/mol. The Hall–Kier alpha value is -1.22. The predicted octanol–water partition coefficient (Wildman–Crippen LogP) is 2.17. The van der Waals surface area contributed by atoms with E-state index in [9.17, 15) is 4.79 Å². The molecule has 0 aliphatic rings. The molecule has 0 saturated heterocycles. The highest BCUT2D eigenvalue weighted by Crippen LogP contribution is 2.08. The average molecular weight is 208 g/mol. The number of esters is 1. The number of hydrogen-bond donors (Lipinski definition) is 1. The Bertz CT molecular complexity index is 330. The van der Waals surface area contributed by atoms with Crippen LogP contribution in [-0.2, 0) is 9.53 Å². The quantitative estimate of drug-likeness (QED) is 0.468. The molecule has 1 aromatic carbocycles. The Morgan fingerprint density at radius 1 is 1.43 bits per heavy atom. The van der Waals surface area contributed by atoms with E-state index in [1.165, 1.54) is 7.11 Å². The molecule has 0 amide bonds. The van der Waals surface area contributed by atoms with E-state index < -0.39 is 0 Å². The second kappa shape index (κ2) is 5.50. The summed E-state index contributed by atoms with van der Waals surface area (Å²) in [6.07, 6.45) is 1.78. The third-order valence-corrected chi connectivity index (χ3v) is 2.10. The van der Waals surface area contributed by atoms with Crippen molar-refractivity contribution in [2.24, 2.45) is 0 Å². The third kappa shape index (κ3) is 2.92. The van der Waals surface area contributed by atoms with Gasteiger partial charge in [-0.15, -0.1) is 0 Å². The summed E-state index contributed by atoms with van der Waals surface area (Å²) in [4.78, 5) is 11.2. The van der Waals surface area contributed by atoms with Gasteiger partial charge >= 0.3 is 5.97 Å². The molecule has 14 heavy (non-hydrogen) atoms. The molecule has 0 N–H and O–H groups in total. The first-order valence-electron chi connectivity index (χ1n) is 4.22. The standard InChI is InChI=1S/C11H12O2S/c1-13-11(12)10(8-14)7-9-5-3-2-4-6-9/h2-7,14H,8H2,1H3/b10-7+. The number of methoxy groups -OCH3 is 1. The van der Waals surface area contributed by atoms with Gasteiger partial charge in [0, 0.05) is 11.3 Å². The minimum atomic E-state index is -0.330. The lowest BCUT2D eigenvalue weighted by Crippen LogP contribution is -2.05. The molecule has 0 fully saturated rings. The minimum Gasteiger partial charge on any atom is -0.466 e. The molecule has 74 valence electrons.